The molecule has 0 fully saturated rings. The number of hydrogen-bond donors (Lipinski definition) is 1. The third-order valence-electron chi connectivity index (χ3n) is 4.45. The Morgan fingerprint density at radius 1 is 0.769 bits per heavy atom. The highest BCUT2D eigenvalue weighted by Gasteiger charge is 2.22. The Balaban J connectivity index is 2.38. The molecule has 0 unspecified atom stereocenters. The van der Waals surface area contributed by atoms with Gasteiger partial charge in [-0.15, -0.1) is 0 Å². The van der Waals surface area contributed by atoms with Gasteiger partial charge in [-0.1, -0.05) is 48.5 Å². The van der Waals surface area contributed by atoms with Crippen LogP contribution in [0.15, 0.2) is 65.6 Å². The van der Waals surface area contributed by atoms with E-state index >= 15 is 0 Å². The normalized spacial score (nSPS) is 11.4. The van der Waals surface area contributed by atoms with Crippen molar-refractivity contribution in [1.82, 2.24) is 0 Å². The van der Waals surface area contributed by atoms with Gasteiger partial charge in [-0.2, -0.15) is 8.42 Å². The van der Waals surface area contributed by atoms with Crippen LogP contribution in [0.2, 0.25) is 0 Å². The van der Waals surface area contributed by atoms with Gasteiger partial charge in [-0.3, -0.25) is 4.55 Å². The molecular weight excluding hydrogens is 348 g/mol. The van der Waals surface area contributed by atoms with E-state index in [0.29, 0.717) is 16.9 Å². The number of hydrogen-bond acceptors (Lipinski definition) is 3. The molecule has 0 spiro atoms. The van der Waals surface area contributed by atoms with E-state index in [9.17, 15) is 13.0 Å². The minimum atomic E-state index is -4.42. The molecule has 5 heteroatoms. The number of benzene rings is 3. The smallest absolute Gasteiger partial charge is 0.295 e. The molecule has 4 nitrogen and oxygen atoms in total. The lowest BCUT2D eigenvalue weighted by atomic mass is 9.95. The van der Waals surface area contributed by atoms with Crippen LogP contribution in [0.5, 0.6) is 5.75 Å². The van der Waals surface area contributed by atoms with E-state index in [1.54, 1.807) is 13.2 Å². The van der Waals surface area contributed by atoms with Gasteiger partial charge in [0.25, 0.3) is 10.1 Å². The number of ether oxygens (including phenoxy) is 1. The minimum absolute atomic E-state index is 0.133. The fourth-order valence-electron chi connectivity index (χ4n) is 3.11. The molecule has 3 rings (SSSR count). The molecule has 0 aliphatic rings. The van der Waals surface area contributed by atoms with Gasteiger partial charge >= 0.3 is 0 Å². The van der Waals surface area contributed by atoms with Gasteiger partial charge in [-0.25, -0.2) is 0 Å². The fraction of sp³-hybridized carbons (Fsp3) is 0.143. The van der Waals surface area contributed by atoms with Gasteiger partial charge in [0.15, 0.2) is 0 Å². The second-order valence-corrected chi connectivity index (χ2v) is 7.54. The van der Waals surface area contributed by atoms with Crippen LogP contribution in [0.25, 0.3) is 22.3 Å². The molecule has 0 atom stereocenters. The lowest BCUT2D eigenvalue weighted by molar-refractivity contribution is 0.416. The summed E-state index contributed by atoms with van der Waals surface area (Å²) in [6, 6.07) is 18.2. The zero-order valence-electron chi connectivity index (χ0n) is 14.9. The molecule has 0 aliphatic heterocycles. The first-order chi connectivity index (χ1) is 12.3. The summed E-state index contributed by atoms with van der Waals surface area (Å²) in [6.07, 6.45) is 0. The second-order valence-electron chi connectivity index (χ2n) is 6.15. The molecule has 134 valence electrons. The first-order valence-electron chi connectivity index (χ1n) is 8.14. The number of aryl methyl sites for hydroxylation is 2. The summed E-state index contributed by atoms with van der Waals surface area (Å²) in [4.78, 5) is -0.133. The number of methoxy groups -OCH3 is 1. The zero-order valence-corrected chi connectivity index (χ0v) is 15.7. The molecule has 0 radical (unpaired) electrons. The van der Waals surface area contributed by atoms with Crippen molar-refractivity contribution in [2.24, 2.45) is 0 Å². The molecule has 0 heterocycles. The van der Waals surface area contributed by atoms with Crippen LogP contribution in [0.3, 0.4) is 0 Å². The molecule has 0 bridgehead atoms. The third kappa shape index (κ3) is 3.36. The van der Waals surface area contributed by atoms with Crippen molar-refractivity contribution in [2.45, 2.75) is 18.7 Å². The Kier molecular flexibility index (Phi) is 4.85. The molecule has 0 amide bonds. The minimum Gasteiger partial charge on any atom is -0.496 e. The van der Waals surface area contributed by atoms with Gasteiger partial charge < -0.3 is 4.74 Å². The maximum atomic E-state index is 12.1. The van der Waals surface area contributed by atoms with E-state index in [2.05, 4.69) is 0 Å². The molecule has 1 N–H and O–H groups in total. The molecule has 26 heavy (non-hydrogen) atoms. The van der Waals surface area contributed by atoms with E-state index in [1.807, 2.05) is 62.4 Å². The Morgan fingerprint density at radius 3 is 1.73 bits per heavy atom. The average Bonchev–Trinajstić information content (AvgIpc) is 2.61. The Hall–Kier alpha value is -2.63. The van der Waals surface area contributed by atoms with Crippen LogP contribution >= 0.6 is 0 Å². The standard InChI is InChI=1S/C21H20O4S/c1-14-8-4-6-10-16(14)18-13-21(26(22,23)24)19(12-20(18)25-3)17-11-7-5-9-15(17)2/h4-13H,1-3H3,(H,22,23,24). The van der Waals surface area contributed by atoms with Crippen LogP contribution in [-0.4, -0.2) is 20.1 Å². The fourth-order valence-corrected chi connectivity index (χ4v) is 3.83. The van der Waals surface area contributed by atoms with Crippen molar-refractivity contribution in [1.29, 1.82) is 0 Å². The van der Waals surface area contributed by atoms with Crippen molar-refractivity contribution in [3.05, 3.63) is 71.8 Å². The summed E-state index contributed by atoms with van der Waals surface area (Å²) in [5.41, 5.74) is 4.51. The maximum Gasteiger partial charge on any atom is 0.295 e. The highest BCUT2D eigenvalue weighted by Crippen LogP contribution is 2.40. The van der Waals surface area contributed by atoms with Gasteiger partial charge in [-0.05, 0) is 48.2 Å². The molecule has 0 saturated heterocycles. The summed E-state index contributed by atoms with van der Waals surface area (Å²) >= 11 is 0. The predicted molar refractivity (Wildman–Crippen MR) is 103 cm³/mol. The first-order valence-corrected chi connectivity index (χ1v) is 9.58. The quantitative estimate of drug-likeness (QED) is 0.666. The van der Waals surface area contributed by atoms with Crippen molar-refractivity contribution in [2.75, 3.05) is 7.11 Å². The van der Waals surface area contributed by atoms with E-state index < -0.39 is 10.1 Å². The second kappa shape index (κ2) is 6.94. The highest BCUT2D eigenvalue weighted by molar-refractivity contribution is 7.86. The summed E-state index contributed by atoms with van der Waals surface area (Å²) in [5, 5.41) is 0. The average molecular weight is 368 g/mol. The van der Waals surface area contributed by atoms with Crippen molar-refractivity contribution in [3.63, 3.8) is 0 Å². The van der Waals surface area contributed by atoms with Crippen LogP contribution < -0.4 is 4.74 Å². The van der Waals surface area contributed by atoms with Crippen molar-refractivity contribution < 1.29 is 17.7 Å². The molecule has 0 aliphatic carbocycles. The van der Waals surface area contributed by atoms with Crippen LogP contribution in [-0.2, 0) is 10.1 Å². The lowest BCUT2D eigenvalue weighted by Gasteiger charge is -2.17. The van der Waals surface area contributed by atoms with Crippen LogP contribution in [0, 0.1) is 13.8 Å². The van der Waals surface area contributed by atoms with E-state index in [4.69, 9.17) is 4.74 Å². The summed E-state index contributed by atoms with van der Waals surface area (Å²) in [5.74, 6) is 0.546. The Bertz CT molecular complexity index is 1070. The maximum absolute atomic E-state index is 12.1. The summed E-state index contributed by atoms with van der Waals surface area (Å²) in [7, 11) is -2.87. The molecular formula is C21H20O4S. The Morgan fingerprint density at radius 2 is 1.27 bits per heavy atom. The van der Waals surface area contributed by atoms with Gasteiger partial charge in [0, 0.05) is 11.1 Å². The molecule has 0 saturated carbocycles. The SMILES string of the molecule is COc1cc(-c2ccccc2C)c(S(=O)(=O)O)cc1-c1ccccc1C. The van der Waals surface area contributed by atoms with E-state index in [0.717, 1.165) is 22.3 Å². The Labute approximate surface area is 153 Å². The van der Waals surface area contributed by atoms with Crippen molar-refractivity contribution >= 4 is 10.1 Å². The molecule has 3 aromatic carbocycles. The predicted octanol–water partition coefficient (Wildman–Crippen LogP) is 4.89. The third-order valence-corrected chi connectivity index (χ3v) is 5.34. The van der Waals surface area contributed by atoms with E-state index in [1.165, 1.54) is 6.07 Å². The largest absolute Gasteiger partial charge is 0.496 e. The van der Waals surface area contributed by atoms with Gasteiger partial charge in [0.1, 0.15) is 10.6 Å². The van der Waals surface area contributed by atoms with Crippen LogP contribution in [0.1, 0.15) is 11.1 Å². The summed E-state index contributed by atoms with van der Waals surface area (Å²) < 4.78 is 39.6. The topological polar surface area (TPSA) is 63.6 Å². The lowest BCUT2D eigenvalue weighted by Crippen LogP contribution is -2.03. The highest BCUT2D eigenvalue weighted by atomic mass is 32.2. The van der Waals surface area contributed by atoms with Crippen molar-refractivity contribution in [3.8, 4) is 28.0 Å². The summed E-state index contributed by atoms with van der Waals surface area (Å²) in [6.45, 7) is 3.84. The zero-order chi connectivity index (χ0) is 18.9. The monoisotopic (exact) mass is 368 g/mol. The van der Waals surface area contributed by atoms with E-state index in [-0.39, 0.29) is 4.90 Å². The first kappa shape index (κ1) is 18.2. The van der Waals surface area contributed by atoms with Gasteiger partial charge in [0.2, 0.25) is 0 Å². The molecule has 0 aromatic heterocycles. The van der Waals surface area contributed by atoms with Gasteiger partial charge in [0.05, 0.1) is 7.11 Å². The molecule has 3 aromatic rings. The number of rotatable bonds is 4. The van der Waals surface area contributed by atoms with Crippen LogP contribution in [0.4, 0.5) is 0 Å².